The molecule has 1 saturated heterocycles. The molecule has 2 N–H and O–H groups in total. The van der Waals surface area contributed by atoms with Gasteiger partial charge in [-0.1, -0.05) is 0 Å². The van der Waals surface area contributed by atoms with Gasteiger partial charge < -0.3 is 15.4 Å². The van der Waals surface area contributed by atoms with Gasteiger partial charge in [0.1, 0.15) is 5.75 Å². The Kier molecular flexibility index (Phi) is 3.83. The second-order valence-electron chi connectivity index (χ2n) is 3.88. The van der Waals surface area contributed by atoms with Crippen molar-refractivity contribution in [1.29, 1.82) is 0 Å². The molecule has 2 rings (SSSR count). The van der Waals surface area contributed by atoms with Crippen LogP contribution in [-0.2, 0) is 0 Å². The molecule has 0 aromatic heterocycles. The fourth-order valence-corrected chi connectivity index (χ4v) is 2.80. The molecule has 0 unspecified atom stereocenters. The Labute approximate surface area is 101 Å². The molecule has 1 aromatic rings. The molecule has 16 heavy (non-hydrogen) atoms. The van der Waals surface area contributed by atoms with Crippen LogP contribution in [0.4, 0.5) is 11.4 Å². The summed E-state index contributed by atoms with van der Waals surface area (Å²) in [6.45, 7) is 2.16. The molecule has 1 aliphatic heterocycles. The zero-order chi connectivity index (χ0) is 11.4. The van der Waals surface area contributed by atoms with E-state index in [9.17, 15) is 0 Å². The molecule has 0 amide bonds. The number of nitrogens with two attached hydrogens (primary N) is 1. The van der Waals surface area contributed by atoms with E-state index in [4.69, 9.17) is 10.5 Å². The fraction of sp³-hybridized carbons (Fsp3) is 0.500. The Morgan fingerprint density at radius 3 is 3.00 bits per heavy atom. The van der Waals surface area contributed by atoms with Gasteiger partial charge in [0.25, 0.3) is 0 Å². The number of ether oxygens (including phenoxy) is 1. The molecule has 1 aliphatic rings. The third kappa shape index (κ3) is 2.55. The average Bonchev–Trinajstić information content (AvgIpc) is 2.58. The fourth-order valence-electron chi connectivity index (χ4n) is 1.91. The molecule has 0 saturated carbocycles. The molecule has 1 fully saturated rings. The highest BCUT2D eigenvalue weighted by Gasteiger charge is 2.13. The van der Waals surface area contributed by atoms with E-state index in [0.717, 1.165) is 30.2 Å². The van der Waals surface area contributed by atoms with Crippen LogP contribution in [0.1, 0.15) is 6.42 Å². The monoisotopic (exact) mass is 238 g/mol. The second kappa shape index (κ2) is 5.34. The summed E-state index contributed by atoms with van der Waals surface area (Å²) >= 11 is 2.02. The Bertz CT molecular complexity index is 349. The van der Waals surface area contributed by atoms with E-state index in [1.165, 1.54) is 17.9 Å². The van der Waals surface area contributed by atoms with Gasteiger partial charge in [-0.3, -0.25) is 0 Å². The van der Waals surface area contributed by atoms with Gasteiger partial charge in [-0.2, -0.15) is 11.8 Å². The Balaban J connectivity index is 2.22. The van der Waals surface area contributed by atoms with Crippen molar-refractivity contribution >= 4 is 23.1 Å². The van der Waals surface area contributed by atoms with Crippen molar-refractivity contribution in [1.82, 2.24) is 0 Å². The maximum absolute atomic E-state index is 6.02. The number of nitrogens with zero attached hydrogens (tertiary/aromatic N) is 1. The van der Waals surface area contributed by atoms with Gasteiger partial charge in [-0.25, -0.2) is 0 Å². The van der Waals surface area contributed by atoms with Crippen molar-refractivity contribution in [2.24, 2.45) is 0 Å². The standard InChI is InChI=1S/C12H18N2OS/c1-15-10-3-4-11(13)12(9-10)14-5-2-7-16-8-6-14/h3-4,9H,2,5-8,13H2,1H3. The maximum atomic E-state index is 6.02. The van der Waals surface area contributed by atoms with E-state index in [-0.39, 0.29) is 0 Å². The minimum Gasteiger partial charge on any atom is -0.497 e. The van der Waals surface area contributed by atoms with E-state index in [0.29, 0.717) is 0 Å². The second-order valence-corrected chi connectivity index (χ2v) is 5.10. The van der Waals surface area contributed by atoms with E-state index >= 15 is 0 Å². The first-order valence-electron chi connectivity index (χ1n) is 5.57. The maximum Gasteiger partial charge on any atom is 0.121 e. The number of nitrogen functional groups attached to an aromatic ring is 1. The van der Waals surface area contributed by atoms with Crippen LogP contribution in [0.15, 0.2) is 18.2 Å². The van der Waals surface area contributed by atoms with E-state index < -0.39 is 0 Å². The lowest BCUT2D eigenvalue weighted by Gasteiger charge is -2.24. The molecule has 0 radical (unpaired) electrons. The summed E-state index contributed by atoms with van der Waals surface area (Å²) in [6, 6.07) is 5.86. The van der Waals surface area contributed by atoms with E-state index in [1.807, 2.05) is 30.0 Å². The Hall–Kier alpha value is -1.03. The van der Waals surface area contributed by atoms with Crippen molar-refractivity contribution in [3.05, 3.63) is 18.2 Å². The summed E-state index contributed by atoms with van der Waals surface area (Å²) < 4.78 is 5.24. The lowest BCUT2D eigenvalue weighted by Crippen LogP contribution is -2.26. The van der Waals surface area contributed by atoms with Crippen molar-refractivity contribution in [3.63, 3.8) is 0 Å². The predicted octanol–water partition coefficient (Wildman–Crippen LogP) is 2.22. The van der Waals surface area contributed by atoms with E-state index in [2.05, 4.69) is 4.90 Å². The zero-order valence-corrected chi connectivity index (χ0v) is 10.4. The van der Waals surface area contributed by atoms with Gasteiger partial charge in [-0.05, 0) is 24.3 Å². The van der Waals surface area contributed by atoms with Gasteiger partial charge in [0.05, 0.1) is 18.5 Å². The van der Waals surface area contributed by atoms with Gasteiger partial charge in [0.15, 0.2) is 0 Å². The molecule has 0 spiro atoms. The van der Waals surface area contributed by atoms with Crippen LogP contribution in [0.25, 0.3) is 0 Å². The average molecular weight is 238 g/mol. The number of benzene rings is 1. The van der Waals surface area contributed by atoms with Crippen LogP contribution in [0.2, 0.25) is 0 Å². The number of anilines is 2. The summed E-state index contributed by atoms with van der Waals surface area (Å²) in [6.07, 6.45) is 1.22. The highest BCUT2D eigenvalue weighted by molar-refractivity contribution is 7.99. The largest absolute Gasteiger partial charge is 0.497 e. The molecule has 4 heteroatoms. The molecular formula is C12H18N2OS. The molecule has 0 bridgehead atoms. The topological polar surface area (TPSA) is 38.5 Å². The van der Waals surface area contributed by atoms with Crippen LogP contribution in [0.5, 0.6) is 5.75 Å². The first-order chi connectivity index (χ1) is 7.81. The minimum absolute atomic E-state index is 0.840. The van der Waals surface area contributed by atoms with Crippen molar-refractivity contribution < 1.29 is 4.74 Å². The number of thioether (sulfide) groups is 1. The number of methoxy groups -OCH3 is 1. The van der Waals surface area contributed by atoms with Crippen molar-refractivity contribution in [2.75, 3.05) is 42.3 Å². The Morgan fingerprint density at radius 2 is 2.19 bits per heavy atom. The molecule has 88 valence electrons. The van der Waals surface area contributed by atoms with E-state index in [1.54, 1.807) is 7.11 Å². The van der Waals surface area contributed by atoms with Crippen LogP contribution >= 0.6 is 11.8 Å². The molecule has 0 atom stereocenters. The molecule has 1 aromatic carbocycles. The normalized spacial score (nSPS) is 16.9. The minimum atomic E-state index is 0.840. The quantitative estimate of drug-likeness (QED) is 0.802. The van der Waals surface area contributed by atoms with Crippen molar-refractivity contribution in [3.8, 4) is 5.75 Å². The number of rotatable bonds is 2. The molecule has 0 aliphatic carbocycles. The Morgan fingerprint density at radius 1 is 1.31 bits per heavy atom. The SMILES string of the molecule is COc1ccc(N)c(N2CCCSCC2)c1. The highest BCUT2D eigenvalue weighted by Crippen LogP contribution is 2.29. The molecule has 3 nitrogen and oxygen atoms in total. The number of hydrogen-bond donors (Lipinski definition) is 1. The summed E-state index contributed by atoms with van der Waals surface area (Å²) in [5.74, 6) is 3.30. The van der Waals surface area contributed by atoms with Gasteiger partial charge in [0, 0.05) is 24.9 Å². The third-order valence-electron chi connectivity index (χ3n) is 2.80. The summed E-state index contributed by atoms with van der Waals surface area (Å²) in [4.78, 5) is 2.36. The summed E-state index contributed by atoms with van der Waals surface area (Å²) in [5.41, 5.74) is 7.98. The lowest BCUT2D eigenvalue weighted by molar-refractivity contribution is 0.415. The van der Waals surface area contributed by atoms with Crippen LogP contribution in [0.3, 0.4) is 0 Å². The lowest BCUT2D eigenvalue weighted by atomic mass is 10.2. The zero-order valence-electron chi connectivity index (χ0n) is 9.61. The van der Waals surface area contributed by atoms with Gasteiger partial charge >= 0.3 is 0 Å². The van der Waals surface area contributed by atoms with Gasteiger partial charge in [0.2, 0.25) is 0 Å². The predicted molar refractivity (Wildman–Crippen MR) is 71.6 cm³/mol. The van der Waals surface area contributed by atoms with Crippen LogP contribution in [0, 0.1) is 0 Å². The molecular weight excluding hydrogens is 220 g/mol. The van der Waals surface area contributed by atoms with Crippen LogP contribution in [-0.4, -0.2) is 31.7 Å². The molecule has 1 heterocycles. The summed E-state index contributed by atoms with van der Waals surface area (Å²) in [7, 11) is 1.69. The van der Waals surface area contributed by atoms with Crippen LogP contribution < -0.4 is 15.4 Å². The highest BCUT2D eigenvalue weighted by atomic mass is 32.2. The van der Waals surface area contributed by atoms with Crippen molar-refractivity contribution in [2.45, 2.75) is 6.42 Å². The number of hydrogen-bond acceptors (Lipinski definition) is 4. The first-order valence-corrected chi connectivity index (χ1v) is 6.73. The smallest absolute Gasteiger partial charge is 0.121 e. The first kappa shape index (κ1) is 11.5. The third-order valence-corrected chi connectivity index (χ3v) is 3.85. The van der Waals surface area contributed by atoms with Gasteiger partial charge in [-0.15, -0.1) is 0 Å². The summed E-state index contributed by atoms with van der Waals surface area (Å²) in [5, 5.41) is 0.